The second kappa shape index (κ2) is 9.15. The van der Waals surface area contributed by atoms with Crippen molar-refractivity contribution in [2.75, 3.05) is 25.0 Å². The normalized spacial score (nSPS) is 19.5. The van der Waals surface area contributed by atoms with Gasteiger partial charge in [0.2, 0.25) is 5.95 Å². The van der Waals surface area contributed by atoms with Crippen LogP contribution in [0.4, 0.5) is 10.7 Å². The summed E-state index contributed by atoms with van der Waals surface area (Å²) >= 11 is 0.883. The lowest BCUT2D eigenvalue weighted by molar-refractivity contribution is -0.115. The Bertz CT molecular complexity index is 912. The zero-order chi connectivity index (χ0) is 20.1. The van der Waals surface area contributed by atoms with Crippen LogP contribution in [-0.4, -0.2) is 50.6 Å². The molecular weight excluding hydrogens is 388 g/mol. The van der Waals surface area contributed by atoms with Crippen molar-refractivity contribution in [2.24, 2.45) is 5.92 Å². The first-order chi connectivity index (χ1) is 14.2. The number of nitrogens with zero attached hydrogens (tertiary/aromatic N) is 4. The van der Waals surface area contributed by atoms with Crippen LogP contribution >= 0.6 is 11.8 Å². The van der Waals surface area contributed by atoms with Crippen molar-refractivity contribution in [3.8, 4) is 0 Å². The second-order valence-corrected chi connectivity index (χ2v) is 8.13. The molecule has 29 heavy (non-hydrogen) atoms. The molecular formula is C20H22N6O2S. The molecule has 2 fully saturated rings. The van der Waals surface area contributed by atoms with Gasteiger partial charge < -0.3 is 5.32 Å². The topological polar surface area (TPSA) is 100 Å². The number of aromatic nitrogens is 3. The predicted octanol–water partition coefficient (Wildman–Crippen LogP) is 2.52. The number of nitrogens with one attached hydrogen (secondary N) is 2. The van der Waals surface area contributed by atoms with Crippen LogP contribution in [0.3, 0.4) is 0 Å². The molecule has 2 aliphatic rings. The first kappa shape index (κ1) is 19.5. The molecule has 2 aliphatic heterocycles. The number of carbonyl (C=O) groups is 2. The molecule has 2 aromatic heterocycles. The Morgan fingerprint density at radius 1 is 1.24 bits per heavy atom. The number of likely N-dealkylation sites (tertiary alicyclic amines) is 1. The van der Waals surface area contributed by atoms with Gasteiger partial charge in [-0.2, -0.15) is 0 Å². The van der Waals surface area contributed by atoms with Gasteiger partial charge in [0.1, 0.15) is 0 Å². The fraction of sp³-hybridized carbons (Fsp3) is 0.350. The van der Waals surface area contributed by atoms with Crippen LogP contribution in [0.5, 0.6) is 0 Å². The van der Waals surface area contributed by atoms with Gasteiger partial charge in [0.15, 0.2) is 0 Å². The standard InChI is InChI=1S/C20H22N6O2S/c27-18-17(29-20(28)25-18)10-16-3-7-22-19(24-16)23-12-14-4-8-26(9-5-14)13-15-2-1-6-21-11-15/h1-3,6-7,10-11,14H,4-5,8-9,12-13H2,(H,22,23,24)(H,25,27,28). The third kappa shape index (κ3) is 5.39. The monoisotopic (exact) mass is 410 g/mol. The van der Waals surface area contributed by atoms with Crippen molar-refractivity contribution in [3.63, 3.8) is 0 Å². The summed E-state index contributed by atoms with van der Waals surface area (Å²) in [6, 6.07) is 5.81. The molecule has 0 unspecified atom stereocenters. The summed E-state index contributed by atoms with van der Waals surface area (Å²) in [5.41, 5.74) is 1.85. The lowest BCUT2D eigenvalue weighted by Gasteiger charge is -2.32. The summed E-state index contributed by atoms with van der Waals surface area (Å²) in [7, 11) is 0. The molecule has 0 spiro atoms. The Balaban J connectivity index is 1.26. The zero-order valence-electron chi connectivity index (χ0n) is 15.9. The molecule has 0 saturated carbocycles. The predicted molar refractivity (Wildman–Crippen MR) is 112 cm³/mol. The van der Waals surface area contributed by atoms with E-state index in [2.05, 4.69) is 36.6 Å². The van der Waals surface area contributed by atoms with E-state index < -0.39 is 0 Å². The van der Waals surface area contributed by atoms with Crippen LogP contribution in [0.25, 0.3) is 6.08 Å². The molecule has 0 aromatic carbocycles. The molecule has 4 rings (SSSR count). The number of hydrogen-bond donors (Lipinski definition) is 2. The van der Waals surface area contributed by atoms with E-state index in [0.29, 0.717) is 22.5 Å². The smallest absolute Gasteiger partial charge is 0.290 e. The number of carbonyl (C=O) groups excluding carboxylic acids is 2. The molecule has 2 saturated heterocycles. The third-order valence-corrected chi connectivity index (χ3v) is 5.79. The van der Waals surface area contributed by atoms with Gasteiger partial charge in [-0.05, 0) is 67.4 Å². The summed E-state index contributed by atoms with van der Waals surface area (Å²) < 4.78 is 0. The fourth-order valence-corrected chi connectivity index (χ4v) is 4.09. The molecule has 0 radical (unpaired) electrons. The average Bonchev–Trinajstić information content (AvgIpc) is 3.05. The maximum Gasteiger partial charge on any atom is 0.290 e. The lowest BCUT2D eigenvalue weighted by Crippen LogP contribution is -2.35. The quantitative estimate of drug-likeness (QED) is 0.701. The van der Waals surface area contributed by atoms with E-state index >= 15 is 0 Å². The van der Waals surface area contributed by atoms with E-state index in [0.717, 1.165) is 50.8 Å². The van der Waals surface area contributed by atoms with Gasteiger partial charge in [0.25, 0.3) is 11.1 Å². The van der Waals surface area contributed by atoms with E-state index in [1.165, 1.54) is 5.56 Å². The van der Waals surface area contributed by atoms with Crippen molar-refractivity contribution in [2.45, 2.75) is 19.4 Å². The van der Waals surface area contributed by atoms with Gasteiger partial charge in [0.05, 0.1) is 10.6 Å². The van der Waals surface area contributed by atoms with Gasteiger partial charge in [0, 0.05) is 31.7 Å². The number of anilines is 1. The lowest BCUT2D eigenvalue weighted by atomic mass is 9.96. The number of piperidine rings is 1. The van der Waals surface area contributed by atoms with E-state index in [1.807, 2.05) is 12.3 Å². The molecule has 0 atom stereocenters. The minimum Gasteiger partial charge on any atom is -0.354 e. The maximum absolute atomic E-state index is 11.7. The zero-order valence-corrected chi connectivity index (χ0v) is 16.7. The van der Waals surface area contributed by atoms with Gasteiger partial charge >= 0.3 is 0 Å². The Morgan fingerprint density at radius 3 is 2.83 bits per heavy atom. The SMILES string of the molecule is O=C1NC(=O)C(=Cc2ccnc(NCC3CCN(Cc4cccnc4)CC3)n2)S1. The largest absolute Gasteiger partial charge is 0.354 e. The van der Waals surface area contributed by atoms with Crippen LogP contribution in [0.1, 0.15) is 24.1 Å². The van der Waals surface area contributed by atoms with E-state index in [-0.39, 0.29) is 11.1 Å². The highest BCUT2D eigenvalue weighted by atomic mass is 32.2. The molecule has 2 N–H and O–H groups in total. The summed E-state index contributed by atoms with van der Waals surface area (Å²) in [5, 5.41) is 5.19. The van der Waals surface area contributed by atoms with E-state index in [1.54, 1.807) is 24.5 Å². The van der Waals surface area contributed by atoms with Crippen LogP contribution < -0.4 is 10.6 Å². The van der Waals surface area contributed by atoms with Gasteiger partial charge in [-0.25, -0.2) is 9.97 Å². The summed E-state index contributed by atoms with van der Waals surface area (Å²) in [5.74, 6) is 0.720. The second-order valence-electron chi connectivity index (χ2n) is 7.12. The average molecular weight is 411 g/mol. The number of rotatable bonds is 6. The van der Waals surface area contributed by atoms with E-state index in [9.17, 15) is 9.59 Å². The molecule has 2 amide bonds. The number of pyridine rings is 1. The number of hydrogen-bond acceptors (Lipinski definition) is 8. The Morgan fingerprint density at radius 2 is 2.10 bits per heavy atom. The van der Waals surface area contributed by atoms with Crippen LogP contribution in [-0.2, 0) is 11.3 Å². The summed E-state index contributed by atoms with van der Waals surface area (Å²) in [6.07, 6.45) is 9.23. The highest BCUT2D eigenvalue weighted by Gasteiger charge is 2.25. The highest BCUT2D eigenvalue weighted by Crippen LogP contribution is 2.25. The van der Waals surface area contributed by atoms with E-state index in [4.69, 9.17) is 0 Å². The Labute approximate surface area is 173 Å². The number of thioether (sulfide) groups is 1. The molecule has 8 nitrogen and oxygen atoms in total. The van der Waals surface area contributed by atoms with Crippen LogP contribution in [0.2, 0.25) is 0 Å². The Hall–Kier alpha value is -2.78. The first-order valence-corrected chi connectivity index (χ1v) is 10.4. The molecule has 0 bridgehead atoms. The van der Waals surface area contributed by atoms with Crippen LogP contribution in [0.15, 0.2) is 41.7 Å². The number of imide groups is 1. The van der Waals surface area contributed by atoms with Gasteiger partial charge in [-0.3, -0.25) is 24.8 Å². The minimum absolute atomic E-state index is 0.348. The van der Waals surface area contributed by atoms with Crippen molar-refractivity contribution in [3.05, 3.63) is 53.0 Å². The third-order valence-electron chi connectivity index (χ3n) is 4.98. The summed E-state index contributed by atoms with van der Waals surface area (Å²) in [6.45, 7) is 3.89. The molecule has 9 heteroatoms. The van der Waals surface area contributed by atoms with Gasteiger partial charge in [-0.15, -0.1) is 0 Å². The van der Waals surface area contributed by atoms with Crippen molar-refractivity contribution >= 4 is 34.9 Å². The summed E-state index contributed by atoms with van der Waals surface area (Å²) in [4.78, 5) is 38.6. The van der Waals surface area contributed by atoms with Crippen molar-refractivity contribution in [1.29, 1.82) is 0 Å². The first-order valence-electron chi connectivity index (χ1n) is 9.59. The highest BCUT2D eigenvalue weighted by molar-refractivity contribution is 8.18. The molecule has 2 aromatic rings. The van der Waals surface area contributed by atoms with Crippen LogP contribution in [0, 0.1) is 5.92 Å². The Kier molecular flexibility index (Phi) is 6.16. The number of amides is 2. The molecule has 0 aliphatic carbocycles. The maximum atomic E-state index is 11.7. The van der Waals surface area contributed by atoms with Gasteiger partial charge in [-0.1, -0.05) is 6.07 Å². The fourth-order valence-electron chi connectivity index (χ4n) is 3.43. The van der Waals surface area contributed by atoms with Crippen molar-refractivity contribution < 1.29 is 9.59 Å². The molecule has 150 valence electrons. The minimum atomic E-state index is -0.383. The van der Waals surface area contributed by atoms with Crippen molar-refractivity contribution in [1.82, 2.24) is 25.2 Å². The molecule has 4 heterocycles.